The van der Waals surface area contributed by atoms with E-state index in [0.717, 1.165) is 0 Å². The number of rotatable bonds is 5. The molecule has 11 heteroatoms. The molecule has 0 radical (unpaired) electrons. The maximum absolute atomic E-state index is 11.8. The van der Waals surface area contributed by atoms with Crippen LogP contribution in [0.25, 0.3) is 23.5 Å². The lowest BCUT2D eigenvalue weighted by atomic mass is 10.1. The zero-order valence-electron chi connectivity index (χ0n) is 14.7. The van der Waals surface area contributed by atoms with Gasteiger partial charge in [-0.1, -0.05) is 11.6 Å². The Morgan fingerprint density at radius 3 is 2.66 bits per heavy atom. The van der Waals surface area contributed by atoms with Crippen LogP contribution in [-0.4, -0.2) is 28.0 Å². The monoisotopic (exact) mass is 417 g/mol. The van der Waals surface area contributed by atoms with Gasteiger partial charge in [-0.05, 0) is 42.5 Å². The Morgan fingerprint density at radius 2 is 1.97 bits per heavy atom. The average molecular weight is 418 g/mol. The van der Waals surface area contributed by atoms with Gasteiger partial charge < -0.3 is 14.1 Å². The first-order valence-corrected chi connectivity index (χ1v) is 8.35. The Kier molecular flexibility index (Phi) is 5.46. The molecule has 0 saturated carbocycles. The number of carbonyl (C=O) groups is 1. The van der Waals surface area contributed by atoms with Crippen LogP contribution in [-0.2, 0) is 4.74 Å². The van der Waals surface area contributed by atoms with Crippen LogP contribution in [0.3, 0.4) is 0 Å². The maximum atomic E-state index is 11.8. The molecule has 0 aliphatic carbocycles. The van der Waals surface area contributed by atoms with E-state index in [1.165, 1.54) is 31.4 Å². The minimum Gasteiger partial charge on any atom is -0.465 e. The number of esters is 1. The Morgan fingerprint density at radius 1 is 1.21 bits per heavy atom. The quantitative estimate of drug-likeness (QED) is 0.368. The van der Waals surface area contributed by atoms with Gasteiger partial charge in [0, 0.05) is 5.56 Å². The minimum atomic E-state index is -1.12. The molecule has 0 bridgehead atoms. The number of nitrogens with one attached hydrogen (secondary N) is 2. The summed E-state index contributed by atoms with van der Waals surface area (Å²) in [5.74, 6) is 0.0689. The number of furan rings is 1. The number of aromatic nitrogens is 2. The first-order valence-electron chi connectivity index (χ1n) is 7.97. The third kappa shape index (κ3) is 4.17. The van der Waals surface area contributed by atoms with E-state index in [1.807, 2.05) is 0 Å². The summed E-state index contributed by atoms with van der Waals surface area (Å²) in [4.78, 5) is 48.9. The van der Waals surface area contributed by atoms with Crippen molar-refractivity contribution in [3.05, 3.63) is 83.3 Å². The van der Waals surface area contributed by atoms with Crippen LogP contribution in [0.4, 0.5) is 5.69 Å². The molecule has 2 heterocycles. The highest BCUT2D eigenvalue weighted by atomic mass is 35.5. The number of carbonyl (C=O) groups excluding carboxylic acids is 1. The third-order valence-corrected chi connectivity index (χ3v) is 4.15. The number of nitrogens with zero attached hydrogens (tertiary/aromatic N) is 1. The van der Waals surface area contributed by atoms with Crippen LogP contribution in [0.2, 0.25) is 5.02 Å². The van der Waals surface area contributed by atoms with Crippen molar-refractivity contribution in [2.45, 2.75) is 0 Å². The number of H-pyrrole nitrogens is 2. The van der Waals surface area contributed by atoms with E-state index >= 15 is 0 Å². The van der Waals surface area contributed by atoms with Crippen molar-refractivity contribution in [1.29, 1.82) is 0 Å². The third-order valence-electron chi connectivity index (χ3n) is 3.83. The van der Waals surface area contributed by atoms with Gasteiger partial charge in [0.25, 0.3) is 0 Å². The molecule has 0 unspecified atom stereocenters. The molecule has 1 aromatic carbocycles. The number of aromatic amines is 2. The summed E-state index contributed by atoms with van der Waals surface area (Å²) in [6.45, 7) is 0. The standard InChI is InChI=1S/C18H12ClN3O7/c1-28-17(24)11-8-9(2-5-12(11)19)14-7-4-10(29-14)3-6-13-15(22(26)27)16(23)21-18(25)20-13/h2-8H,1H3,(H2,20,21,23,25). The molecule has 0 spiro atoms. The van der Waals surface area contributed by atoms with Crippen LogP contribution in [0.5, 0.6) is 0 Å². The lowest BCUT2D eigenvalue weighted by Gasteiger charge is -2.04. The number of methoxy groups -OCH3 is 1. The van der Waals surface area contributed by atoms with Crippen LogP contribution in [0, 0.1) is 10.1 Å². The van der Waals surface area contributed by atoms with Gasteiger partial charge >= 0.3 is 22.9 Å². The second kappa shape index (κ2) is 7.98. The Labute approximate surface area is 166 Å². The molecule has 0 aliphatic heterocycles. The number of nitro groups is 1. The fourth-order valence-electron chi connectivity index (χ4n) is 2.51. The Bertz CT molecular complexity index is 1250. The molecular formula is C18H12ClN3O7. The molecular weight excluding hydrogens is 406 g/mol. The van der Waals surface area contributed by atoms with Gasteiger partial charge in [0.05, 0.1) is 22.6 Å². The lowest BCUT2D eigenvalue weighted by Crippen LogP contribution is -2.25. The highest BCUT2D eigenvalue weighted by Gasteiger charge is 2.19. The zero-order valence-corrected chi connectivity index (χ0v) is 15.5. The summed E-state index contributed by atoms with van der Waals surface area (Å²) < 4.78 is 10.3. The number of halogens is 1. The first kappa shape index (κ1) is 19.8. The molecule has 0 fully saturated rings. The van der Waals surface area contributed by atoms with E-state index in [0.29, 0.717) is 11.3 Å². The largest absolute Gasteiger partial charge is 0.465 e. The van der Waals surface area contributed by atoms with E-state index in [1.54, 1.807) is 23.2 Å². The SMILES string of the molecule is COC(=O)c1cc(-c2ccc(C=Cc3[nH]c(=O)[nH]c(=O)c3[N+](=O)[O-])o2)ccc1Cl. The molecule has 3 rings (SSSR count). The van der Waals surface area contributed by atoms with Gasteiger partial charge in [0.15, 0.2) is 0 Å². The molecule has 0 atom stereocenters. The maximum Gasteiger partial charge on any atom is 0.357 e. The van der Waals surface area contributed by atoms with Gasteiger partial charge in [-0.25, -0.2) is 9.59 Å². The van der Waals surface area contributed by atoms with Gasteiger partial charge in [-0.3, -0.25) is 19.9 Å². The fraction of sp³-hybridized carbons (Fsp3) is 0.0556. The molecule has 29 heavy (non-hydrogen) atoms. The van der Waals surface area contributed by atoms with E-state index in [4.69, 9.17) is 16.0 Å². The smallest absolute Gasteiger partial charge is 0.357 e. The van der Waals surface area contributed by atoms with E-state index in [2.05, 4.69) is 9.72 Å². The number of ether oxygens (including phenoxy) is 1. The topological polar surface area (TPSA) is 148 Å². The van der Waals surface area contributed by atoms with Gasteiger partial charge in [0.1, 0.15) is 17.2 Å². The van der Waals surface area contributed by atoms with Crippen LogP contribution >= 0.6 is 11.6 Å². The van der Waals surface area contributed by atoms with Crippen LogP contribution in [0.15, 0.2) is 44.3 Å². The molecule has 3 aromatic rings. The molecule has 0 amide bonds. The average Bonchev–Trinajstić information content (AvgIpc) is 3.14. The Balaban J connectivity index is 1.95. The first-order chi connectivity index (χ1) is 13.8. The summed E-state index contributed by atoms with van der Waals surface area (Å²) in [6.07, 6.45) is 2.53. The van der Waals surface area contributed by atoms with Gasteiger partial charge in [0.2, 0.25) is 0 Å². The highest BCUT2D eigenvalue weighted by molar-refractivity contribution is 6.33. The number of benzene rings is 1. The molecule has 10 nitrogen and oxygen atoms in total. The van der Waals surface area contributed by atoms with Crippen molar-refractivity contribution in [3.63, 3.8) is 0 Å². The lowest BCUT2D eigenvalue weighted by molar-refractivity contribution is -0.386. The molecule has 0 saturated heterocycles. The minimum absolute atomic E-state index is 0.164. The normalized spacial score (nSPS) is 11.0. The number of hydrogen-bond acceptors (Lipinski definition) is 7. The van der Waals surface area contributed by atoms with Crippen molar-refractivity contribution in [2.75, 3.05) is 7.11 Å². The summed E-state index contributed by atoms with van der Waals surface area (Å²) in [7, 11) is 1.24. The van der Waals surface area contributed by atoms with Crippen molar-refractivity contribution >= 4 is 35.4 Å². The summed E-state index contributed by atoms with van der Waals surface area (Å²) in [6, 6.07) is 7.83. The summed E-state index contributed by atoms with van der Waals surface area (Å²) >= 11 is 5.99. The zero-order chi connectivity index (χ0) is 21.1. The summed E-state index contributed by atoms with van der Waals surface area (Å²) in [5, 5.41) is 11.3. The second-order valence-corrected chi connectivity index (χ2v) is 6.06. The van der Waals surface area contributed by atoms with Gasteiger partial charge in [-0.2, -0.15) is 0 Å². The van der Waals surface area contributed by atoms with Crippen LogP contribution in [0.1, 0.15) is 21.8 Å². The Hall–Kier alpha value is -3.92. The van der Waals surface area contributed by atoms with Crippen molar-refractivity contribution in [1.82, 2.24) is 9.97 Å². The fourth-order valence-corrected chi connectivity index (χ4v) is 2.70. The molecule has 2 N–H and O–H groups in total. The second-order valence-electron chi connectivity index (χ2n) is 5.65. The van der Waals surface area contributed by atoms with Gasteiger partial charge in [-0.15, -0.1) is 0 Å². The predicted octanol–water partition coefficient (Wildman–Crippen LogP) is 2.84. The van der Waals surface area contributed by atoms with E-state index in [9.17, 15) is 24.5 Å². The number of hydrogen-bond donors (Lipinski definition) is 2. The molecule has 2 aromatic heterocycles. The highest BCUT2D eigenvalue weighted by Crippen LogP contribution is 2.28. The molecule has 148 valence electrons. The van der Waals surface area contributed by atoms with E-state index < -0.39 is 27.8 Å². The van der Waals surface area contributed by atoms with Crippen LogP contribution < -0.4 is 11.2 Å². The molecule has 0 aliphatic rings. The summed E-state index contributed by atoms with van der Waals surface area (Å²) in [5.41, 5.74) is -2.36. The van der Waals surface area contributed by atoms with Crippen molar-refractivity contribution in [3.8, 4) is 11.3 Å². The predicted molar refractivity (Wildman–Crippen MR) is 104 cm³/mol. The van der Waals surface area contributed by atoms with Crippen molar-refractivity contribution in [2.24, 2.45) is 0 Å². The van der Waals surface area contributed by atoms with Crippen molar-refractivity contribution < 1.29 is 18.9 Å². The van der Waals surface area contributed by atoms with E-state index in [-0.39, 0.29) is 22.0 Å².